The Balaban J connectivity index is 2.48. The van der Waals surface area contributed by atoms with Gasteiger partial charge in [0.15, 0.2) is 0 Å². The fourth-order valence-corrected chi connectivity index (χ4v) is 2.16. The van der Waals surface area contributed by atoms with E-state index < -0.39 is 0 Å². The van der Waals surface area contributed by atoms with Gasteiger partial charge < -0.3 is 10.3 Å². The van der Waals surface area contributed by atoms with Gasteiger partial charge >= 0.3 is 0 Å². The van der Waals surface area contributed by atoms with E-state index in [0.717, 1.165) is 12.8 Å². The number of anilines is 1. The molecule has 13 heavy (non-hydrogen) atoms. The van der Waals surface area contributed by atoms with Gasteiger partial charge in [0, 0.05) is 11.7 Å². The van der Waals surface area contributed by atoms with E-state index in [1.807, 2.05) is 0 Å². The van der Waals surface area contributed by atoms with Gasteiger partial charge in [0.25, 0.3) is 0 Å². The van der Waals surface area contributed by atoms with Gasteiger partial charge in [-0.1, -0.05) is 0 Å². The lowest BCUT2D eigenvalue weighted by molar-refractivity contribution is 0.554. The maximum Gasteiger partial charge on any atom is 0.200 e. The van der Waals surface area contributed by atoms with E-state index in [4.69, 9.17) is 5.73 Å². The lowest BCUT2D eigenvalue weighted by Crippen LogP contribution is -2.11. The minimum absolute atomic E-state index is 0.439. The van der Waals surface area contributed by atoms with Gasteiger partial charge in [0.05, 0.1) is 5.69 Å². The molecule has 0 aliphatic heterocycles. The molecule has 0 bridgehead atoms. The Morgan fingerprint density at radius 2 is 2.00 bits per heavy atom. The van der Waals surface area contributed by atoms with Gasteiger partial charge in [-0.05, 0) is 39.5 Å². The number of nitrogens with two attached hydrogens (primary N) is 1. The molecular formula is C10H17N3. The van der Waals surface area contributed by atoms with Crippen LogP contribution in [-0.2, 0) is 12.8 Å². The number of hydrogen-bond donors (Lipinski definition) is 1. The molecule has 0 fully saturated rings. The SMILES string of the molecule is CC(C)n1c(N)nc2c1CCCC2. The van der Waals surface area contributed by atoms with E-state index in [2.05, 4.69) is 23.4 Å². The first-order valence-corrected chi connectivity index (χ1v) is 5.05. The predicted molar refractivity (Wildman–Crippen MR) is 53.7 cm³/mol. The quantitative estimate of drug-likeness (QED) is 0.715. The summed E-state index contributed by atoms with van der Waals surface area (Å²) in [7, 11) is 0. The van der Waals surface area contributed by atoms with Crippen molar-refractivity contribution >= 4 is 5.95 Å². The molecule has 0 atom stereocenters. The molecule has 0 saturated carbocycles. The van der Waals surface area contributed by atoms with Crippen LogP contribution in [0, 0.1) is 0 Å². The molecule has 0 spiro atoms. The van der Waals surface area contributed by atoms with Gasteiger partial charge in [0.2, 0.25) is 5.95 Å². The van der Waals surface area contributed by atoms with Crippen LogP contribution in [0.25, 0.3) is 0 Å². The van der Waals surface area contributed by atoms with Crippen molar-refractivity contribution < 1.29 is 0 Å². The second-order valence-electron chi connectivity index (χ2n) is 4.03. The zero-order valence-corrected chi connectivity index (χ0v) is 8.38. The molecule has 0 amide bonds. The number of nitrogen functional groups attached to an aromatic ring is 1. The summed E-state index contributed by atoms with van der Waals surface area (Å²) in [5, 5.41) is 0. The maximum atomic E-state index is 5.87. The highest BCUT2D eigenvalue weighted by atomic mass is 15.2. The van der Waals surface area contributed by atoms with Crippen LogP contribution in [0.4, 0.5) is 5.95 Å². The molecule has 0 saturated heterocycles. The Bertz CT molecular complexity index is 312. The van der Waals surface area contributed by atoms with Crippen molar-refractivity contribution in [2.45, 2.75) is 45.6 Å². The maximum absolute atomic E-state index is 5.87. The highest BCUT2D eigenvalue weighted by Gasteiger charge is 2.19. The molecule has 72 valence electrons. The summed E-state index contributed by atoms with van der Waals surface area (Å²) in [5.74, 6) is 0.696. The molecule has 1 aromatic heterocycles. The second-order valence-corrected chi connectivity index (χ2v) is 4.03. The van der Waals surface area contributed by atoms with Crippen LogP contribution < -0.4 is 5.73 Å². The van der Waals surface area contributed by atoms with Crippen LogP contribution in [0.15, 0.2) is 0 Å². The topological polar surface area (TPSA) is 43.8 Å². The molecule has 1 aromatic rings. The first kappa shape index (κ1) is 8.60. The third kappa shape index (κ3) is 1.32. The Morgan fingerprint density at radius 1 is 1.31 bits per heavy atom. The second kappa shape index (κ2) is 3.05. The molecule has 1 aliphatic carbocycles. The third-order valence-electron chi connectivity index (χ3n) is 2.71. The lowest BCUT2D eigenvalue weighted by atomic mass is 10.0. The molecule has 3 nitrogen and oxygen atoms in total. The van der Waals surface area contributed by atoms with Crippen LogP contribution in [0.2, 0.25) is 0 Å². The van der Waals surface area contributed by atoms with E-state index in [1.165, 1.54) is 24.2 Å². The van der Waals surface area contributed by atoms with Gasteiger partial charge in [-0.2, -0.15) is 0 Å². The van der Waals surface area contributed by atoms with Crippen molar-refractivity contribution in [3.63, 3.8) is 0 Å². The normalized spacial score (nSPS) is 16.2. The first-order valence-electron chi connectivity index (χ1n) is 5.05. The smallest absolute Gasteiger partial charge is 0.200 e. The number of rotatable bonds is 1. The number of aromatic nitrogens is 2. The molecule has 1 heterocycles. The molecular weight excluding hydrogens is 162 g/mol. The largest absolute Gasteiger partial charge is 0.369 e. The summed E-state index contributed by atoms with van der Waals surface area (Å²) in [5.41, 5.74) is 8.48. The lowest BCUT2D eigenvalue weighted by Gasteiger charge is -2.16. The summed E-state index contributed by atoms with van der Waals surface area (Å²) in [6.07, 6.45) is 4.81. The molecule has 3 heteroatoms. The zero-order chi connectivity index (χ0) is 9.42. The highest BCUT2D eigenvalue weighted by molar-refractivity contribution is 5.31. The summed E-state index contributed by atoms with van der Waals surface area (Å²) >= 11 is 0. The molecule has 0 aromatic carbocycles. The summed E-state index contributed by atoms with van der Waals surface area (Å²) < 4.78 is 2.18. The molecule has 0 unspecified atom stereocenters. The van der Waals surface area contributed by atoms with E-state index in [1.54, 1.807) is 0 Å². The fraction of sp³-hybridized carbons (Fsp3) is 0.700. The van der Waals surface area contributed by atoms with E-state index in [9.17, 15) is 0 Å². The Kier molecular flexibility index (Phi) is 2.02. The predicted octanol–water partition coefficient (Wildman–Crippen LogP) is 1.93. The minimum Gasteiger partial charge on any atom is -0.369 e. The van der Waals surface area contributed by atoms with Gasteiger partial charge in [0.1, 0.15) is 0 Å². The van der Waals surface area contributed by atoms with Crippen molar-refractivity contribution in [3.05, 3.63) is 11.4 Å². The van der Waals surface area contributed by atoms with E-state index in [0.29, 0.717) is 12.0 Å². The fourth-order valence-electron chi connectivity index (χ4n) is 2.16. The average Bonchev–Trinajstić information content (AvgIpc) is 2.39. The number of fused-ring (bicyclic) bond motifs is 1. The average molecular weight is 179 g/mol. The van der Waals surface area contributed by atoms with Crippen molar-refractivity contribution in [2.24, 2.45) is 0 Å². The van der Waals surface area contributed by atoms with Gasteiger partial charge in [-0.15, -0.1) is 0 Å². The Morgan fingerprint density at radius 3 is 2.69 bits per heavy atom. The summed E-state index contributed by atoms with van der Waals surface area (Å²) in [6, 6.07) is 0.439. The standard InChI is InChI=1S/C10H17N3/c1-7(2)13-9-6-4-3-5-8(9)12-10(13)11/h7H,3-6H2,1-2H3,(H2,11,12). The van der Waals surface area contributed by atoms with Crippen molar-refractivity contribution in [3.8, 4) is 0 Å². The number of aryl methyl sites for hydroxylation is 1. The van der Waals surface area contributed by atoms with Crippen molar-refractivity contribution in [1.82, 2.24) is 9.55 Å². The zero-order valence-electron chi connectivity index (χ0n) is 8.38. The van der Waals surface area contributed by atoms with Gasteiger partial charge in [-0.3, -0.25) is 0 Å². The van der Waals surface area contributed by atoms with E-state index >= 15 is 0 Å². The number of imidazole rings is 1. The summed E-state index contributed by atoms with van der Waals surface area (Å²) in [4.78, 5) is 4.41. The number of nitrogens with zero attached hydrogens (tertiary/aromatic N) is 2. The molecule has 0 radical (unpaired) electrons. The molecule has 2 N–H and O–H groups in total. The first-order chi connectivity index (χ1) is 6.20. The van der Waals surface area contributed by atoms with Crippen LogP contribution in [-0.4, -0.2) is 9.55 Å². The minimum atomic E-state index is 0.439. The number of hydrogen-bond acceptors (Lipinski definition) is 2. The van der Waals surface area contributed by atoms with Crippen LogP contribution in [0.3, 0.4) is 0 Å². The summed E-state index contributed by atoms with van der Waals surface area (Å²) in [6.45, 7) is 4.32. The van der Waals surface area contributed by atoms with Crippen LogP contribution in [0.5, 0.6) is 0 Å². The van der Waals surface area contributed by atoms with Crippen LogP contribution >= 0.6 is 0 Å². The molecule has 2 rings (SSSR count). The third-order valence-corrected chi connectivity index (χ3v) is 2.71. The van der Waals surface area contributed by atoms with E-state index in [-0.39, 0.29) is 0 Å². The van der Waals surface area contributed by atoms with Crippen LogP contribution in [0.1, 0.15) is 44.1 Å². The molecule has 1 aliphatic rings. The Labute approximate surface area is 79.0 Å². The monoisotopic (exact) mass is 179 g/mol. The highest BCUT2D eigenvalue weighted by Crippen LogP contribution is 2.26. The van der Waals surface area contributed by atoms with Crippen molar-refractivity contribution in [1.29, 1.82) is 0 Å². The van der Waals surface area contributed by atoms with Crippen molar-refractivity contribution in [2.75, 3.05) is 5.73 Å². The van der Waals surface area contributed by atoms with Gasteiger partial charge in [-0.25, -0.2) is 4.98 Å². The Hall–Kier alpha value is -0.990.